The van der Waals surface area contributed by atoms with E-state index in [4.69, 9.17) is 4.74 Å². The van der Waals surface area contributed by atoms with E-state index in [1.807, 2.05) is 43.3 Å². The predicted molar refractivity (Wildman–Crippen MR) is 98.7 cm³/mol. The first kappa shape index (κ1) is 17.7. The van der Waals surface area contributed by atoms with Gasteiger partial charge in [0.05, 0.1) is 30.1 Å². The summed E-state index contributed by atoms with van der Waals surface area (Å²) in [6.07, 6.45) is 0.464. The third-order valence-corrected chi connectivity index (χ3v) is 6.80. The highest BCUT2D eigenvalue weighted by Crippen LogP contribution is 2.27. The molecule has 2 atom stereocenters. The van der Waals surface area contributed by atoms with Crippen LogP contribution in [-0.2, 0) is 14.6 Å². The van der Waals surface area contributed by atoms with Gasteiger partial charge in [-0.25, -0.2) is 8.42 Å². The Kier molecular flexibility index (Phi) is 4.49. The molecule has 1 aliphatic heterocycles. The number of ether oxygens (including phenoxy) is 1. The summed E-state index contributed by atoms with van der Waals surface area (Å²) in [5.41, 5.74) is 0.230. The van der Waals surface area contributed by atoms with E-state index < -0.39 is 15.4 Å². The minimum absolute atomic E-state index is 0.00990. The second-order valence-corrected chi connectivity index (χ2v) is 9.27. The summed E-state index contributed by atoms with van der Waals surface area (Å²) in [7, 11) is -1.42. The molecule has 1 saturated heterocycles. The van der Waals surface area contributed by atoms with Crippen molar-refractivity contribution in [3.63, 3.8) is 0 Å². The van der Waals surface area contributed by atoms with Gasteiger partial charge in [-0.15, -0.1) is 0 Å². The summed E-state index contributed by atoms with van der Waals surface area (Å²) >= 11 is 0. The van der Waals surface area contributed by atoms with Gasteiger partial charge >= 0.3 is 0 Å². The maximum absolute atomic E-state index is 12.6. The topological polar surface area (TPSA) is 72.5 Å². The van der Waals surface area contributed by atoms with Gasteiger partial charge in [-0.05, 0) is 48.7 Å². The largest absolute Gasteiger partial charge is 0.497 e. The van der Waals surface area contributed by atoms with Crippen molar-refractivity contribution in [1.29, 1.82) is 0 Å². The average molecular weight is 361 g/mol. The van der Waals surface area contributed by atoms with E-state index >= 15 is 0 Å². The molecule has 0 unspecified atom stereocenters. The molecule has 2 aromatic carbocycles. The molecular weight excluding hydrogens is 338 g/mol. The maximum Gasteiger partial charge on any atom is 0.227 e. The van der Waals surface area contributed by atoms with Crippen LogP contribution in [0.25, 0.3) is 10.8 Å². The van der Waals surface area contributed by atoms with E-state index in [1.165, 1.54) is 0 Å². The molecule has 1 fully saturated rings. The molecule has 134 valence electrons. The number of sulfone groups is 1. The maximum atomic E-state index is 12.6. The number of rotatable bonds is 4. The van der Waals surface area contributed by atoms with Crippen LogP contribution < -0.4 is 10.1 Å². The van der Waals surface area contributed by atoms with Gasteiger partial charge in [0.1, 0.15) is 5.75 Å². The molecule has 0 saturated carbocycles. The molecule has 0 aromatic heterocycles. The Bertz CT molecular complexity index is 922. The number of carbonyl (C=O) groups is 1. The Labute approximate surface area is 148 Å². The minimum atomic E-state index is -3.05. The molecule has 25 heavy (non-hydrogen) atoms. The predicted octanol–water partition coefficient (Wildman–Crippen LogP) is 2.65. The molecule has 0 bridgehead atoms. The van der Waals surface area contributed by atoms with Crippen LogP contribution >= 0.6 is 0 Å². The van der Waals surface area contributed by atoms with Crippen LogP contribution in [0.15, 0.2) is 36.4 Å². The van der Waals surface area contributed by atoms with Gasteiger partial charge in [0.25, 0.3) is 0 Å². The Morgan fingerprint density at radius 2 is 1.88 bits per heavy atom. The van der Waals surface area contributed by atoms with Crippen molar-refractivity contribution in [2.24, 2.45) is 0 Å². The first-order valence-electron chi connectivity index (χ1n) is 8.32. The molecule has 6 heteroatoms. The van der Waals surface area contributed by atoms with Crippen molar-refractivity contribution < 1.29 is 17.9 Å². The summed E-state index contributed by atoms with van der Waals surface area (Å²) in [5, 5.41) is 5.02. The van der Waals surface area contributed by atoms with E-state index in [0.29, 0.717) is 6.42 Å². The zero-order chi connectivity index (χ0) is 18.2. The van der Waals surface area contributed by atoms with Crippen LogP contribution in [0.3, 0.4) is 0 Å². The first-order chi connectivity index (χ1) is 11.7. The Hall–Kier alpha value is -2.08. The minimum Gasteiger partial charge on any atom is -0.497 e. The lowest BCUT2D eigenvalue weighted by Gasteiger charge is -2.26. The summed E-state index contributed by atoms with van der Waals surface area (Å²) in [4.78, 5) is 12.6. The molecule has 0 spiro atoms. The summed E-state index contributed by atoms with van der Waals surface area (Å²) in [5.74, 6) is 0.437. The van der Waals surface area contributed by atoms with Gasteiger partial charge in [-0.3, -0.25) is 4.79 Å². The van der Waals surface area contributed by atoms with Gasteiger partial charge in [-0.2, -0.15) is 0 Å². The van der Waals surface area contributed by atoms with E-state index in [0.717, 1.165) is 22.1 Å². The number of fused-ring (bicyclic) bond motifs is 1. The Morgan fingerprint density at radius 1 is 1.20 bits per heavy atom. The van der Waals surface area contributed by atoms with Gasteiger partial charge in [-0.1, -0.05) is 24.3 Å². The van der Waals surface area contributed by atoms with E-state index in [-0.39, 0.29) is 23.3 Å². The molecule has 0 radical (unpaired) electrons. The molecule has 0 aliphatic carbocycles. The van der Waals surface area contributed by atoms with Crippen molar-refractivity contribution in [3.8, 4) is 5.75 Å². The van der Waals surface area contributed by atoms with Crippen LogP contribution in [-0.4, -0.2) is 38.5 Å². The van der Waals surface area contributed by atoms with Crippen molar-refractivity contribution in [1.82, 2.24) is 5.32 Å². The third kappa shape index (κ3) is 3.79. The van der Waals surface area contributed by atoms with Crippen molar-refractivity contribution in [3.05, 3.63) is 42.0 Å². The van der Waals surface area contributed by atoms with Gasteiger partial charge < -0.3 is 10.1 Å². The molecule has 1 heterocycles. The number of amides is 1. The molecule has 3 rings (SSSR count). The highest BCUT2D eigenvalue weighted by molar-refractivity contribution is 7.91. The number of carbonyl (C=O) groups excluding carboxylic acids is 1. The average Bonchev–Trinajstić information content (AvgIpc) is 2.85. The molecule has 2 aromatic rings. The molecule has 1 amide bonds. The van der Waals surface area contributed by atoms with Gasteiger partial charge in [0.2, 0.25) is 5.91 Å². The first-order valence-corrected chi connectivity index (χ1v) is 10.1. The van der Waals surface area contributed by atoms with Gasteiger partial charge in [0, 0.05) is 0 Å². The lowest BCUT2D eigenvalue weighted by atomic mass is 9.94. The number of benzene rings is 2. The van der Waals surface area contributed by atoms with E-state index in [1.54, 1.807) is 14.0 Å². The highest BCUT2D eigenvalue weighted by atomic mass is 32.2. The van der Waals surface area contributed by atoms with E-state index in [2.05, 4.69) is 5.32 Å². The van der Waals surface area contributed by atoms with Crippen molar-refractivity contribution in [2.45, 2.75) is 31.7 Å². The molecular formula is C19H23NO4S. The normalized spacial score (nSPS) is 23.3. The van der Waals surface area contributed by atoms with E-state index in [9.17, 15) is 13.2 Å². The third-order valence-electron chi connectivity index (χ3n) is 4.89. The standard InChI is InChI=1S/C19H23NO4S/c1-13(18(21)20-19(2)8-9-25(22,23)12-19)14-4-5-16-11-17(24-3)7-6-15(16)10-14/h4-7,10-11,13H,8-9,12H2,1-3H3,(H,20,21)/t13-,19+/m1/s1. The van der Waals surface area contributed by atoms with Gasteiger partial charge in [0.15, 0.2) is 9.84 Å². The van der Waals surface area contributed by atoms with Crippen LogP contribution in [0, 0.1) is 0 Å². The van der Waals surface area contributed by atoms with Crippen LogP contribution in [0.1, 0.15) is 31.7 Å². The van der Waals surface area contributed by atoms with Crippen LogP contribution in [0.2, 0.25) is 0 Å². The SMILES string of the molecule is COc1ccc2cc([C@@H](C)C(=O)N[C@@]3(C)CCS(=O)(=O)C3)ccc2c1. The number of hydrogen-bond donors (Lipinski definition) is 1. The number of methoxy groups -OCH3 is 1. The Morgan fingerprint density at radius 3 is 2.52 bits per heavy atom. The lowest BCUT2D eigenvalue weighted by molar-refractivity contribution is -0.123. The van der Waals surface area contributed by atoms with Crippen LogP contribution in [0.5, 0.6) is 5.75 Å². The highest BCUT2D eigenvalue weighted by Gasteiger charge is 2.40. The summed E-state index contributed by atoms with van der Waals surface area (Å²) in [6.45, 7) is 3.64. The Balaban J connectivity index is 1.79. The molecule has 1 aliphatic rings. The van der Waals surface area contributed by atoms with Crippen molar-refractivity contribution in [2.75, 3.05) is 18.6 Å². The molecule has 5 nitrogen and oxygen atoms in total. The molecule has 1 N–H and O–H groups in total. The second kappa shape index (κ2) is 6.33. The fourth-order valence-electron chi connectivity index (χ4n) is 3.30. The summed E-state index contributed by atoms with van der Waals surface area (Å²) < 4.78 is 28.6. The zero-order valence-corrected chi connectivity index (χ0v) is 15.5. The summed E-state index contributed by atoms with van der Waals surface area (Å²) in [6, 6.07) is 11.7. The monoisotopic (exact) mass is 361 g/mol. The number of nitrogens with one attached hydrogen (secondary N) is 1. The quantitative estimate of drug-likeness (QED) is 0.909. The van der Waals surface area contributed by atoms with Crippen molar-refractivity contribution >= 4 is 26.5 Å². The second-order valence-electron chi connectivity index (χ2n) is 7.09. The van der Waals surface area contributed by atoms with Crippen LogP contribution in [0.4, 0.5) is 0 Å². The smallest absolute Gasteiger partial charge is 0.227 e. The lowest BCUT2D eigenvalue weighted by Crippen LogP contribution is -2.48. The number of hydrogen-bond acceptors (Lipinski definition) is 4. The fraction of sp³-hybridized carbons (Fsp3) is 0.421. The zero-order valence-electron chi connectivity index (χ0n) is 14.7. The fourth-order valence-corrected chi connectivity index (χ4v) is 5.40.